The van der Waals surface area contributed by atoms with E-state index in [-0.39, 0.29) is 46.6 Å². The Balaban J connectivity index is 1.78. The Morgan fingerprint density at radius 3 is 2.55 bits per heavy atom. The van der Waals surface area contributed by atoms with E-state index in [0.717, 1.165) is 19.3 Å². The minimum absolute atomic E-state index is 0.0401. The van der Waals surface area contributed by atoms with Gasteiger partial charge in [0, 0.05) is 34.5 Å². The van der Waals surface area contributed by atoms with E-state index in [1.807, 2.05) is 34.6 Å². The van der Waals surface area contributed by atoms with E-state index in [1.165, 1.54) is 11.8 Å². The van der Waals surface area contributed by atoms with Crippen molar-refractivity contribution in [3.63, 3.8) is 0 Å². The summed E-state index contributed by atoms with van der Waals surface area (Å²) in [5.74, 6) is -0.137. The van der Waals surface area contributed by atoms with Gasteiger partial charge in [-0.3, -0.25) is 14.4 Å². The predicted octanol–water partition coefficient (Wildman–Crippen LogP) is 4.26. The van der Waals surface area contributed by atoms with Gasteiger partial charge in [0.15, 0.2) is 0 Å². The number of thioether (sulfide) groups is 1. The first-order chi connectivity index (χ1) is 17.5. The third-order valence-electron chi connectivity index (χ3n) is 10.3. The van der Waals surface area contributed by atoms with Crippen molar-refractivity contribution in [2.24, 2.45) is 39.7 Å². The molecule has 3 rings (SSSR count). The number of hydrogen-bond donors (Lipinski definition) is 3. The second-order valence-corrected chi connectivity index (χ2v) is 15.4. The number of ketones is 1. The van der Waals surface area contributed by atoms with Gasteiger partial charge in [-0.25, -0.2) is 0 Å². The molecule has 216 valence electrons. The minimum atomic E-state index is -0.651. The van der Waals surface area contributed by atoms with E-state index in [2.05, 4.69) is 25.7 Å². The second kappa shape index (κ2) is 11.2. The lowest BCUT2D eigenvalue weighted by Gasteiger charge is -2.59. The molecule has 7 nitrogen and oxygen atoms in total. The Labute approximate surface area is 233 Å². The number of hydrogen-bond acceptors (Lipinski definition) is 7. The normalized spacial score (nSPS) is 38.1. The van der Waals surface area contributed by atoms with Gasteiger partial charge in [0.05, 0.1) is 17.9 Å². The number of aliphatic hydroxyl groups is 1. The molecule has 3 aliphatic carbocycles. The summed E-state index contributed by atoms with van der Waals surface area (Å²) in [6.07, 6.45) is 4.85. The van der Waals surface area contributed by atoms with E-state index in [0.29, 0.717) is 25.8 Å². The standard InChI is InChI=1S/C30H50N2O5S/c1-9-28(7)15-22(37-23(35)16-38-27(5,6)17-32-26(36)24(31)18(2)3)29(8)19(4)10-12-30(14-21(28)34)13-11-20(33)25(29)30/h9,18-19,21-22,24-25,34H,1,10-17,31H2,2-8H3,(H,32,36)/t19?,21-,22+,24+,25-,28+,29-,30-/m0/s1. The van der Waals surface area contributed by atoms with E-state index in [4.69, 9.17) is 10.5 Å². The van der Waals surface area contributed by atoms with Gasteiger partial charge in [-0.2, -0.15) is 0 Å². The number of rotatable bonds is 9. The number of nitrogens with two attached hydrogens (primary N) is 1. The lowest BCUT2D eigenvalue weighted by Crippen LogP contribution is -2.60. The summed E-state index contributed by atoms with van der Waals surface area (Å²) in [6.45, 7) is 18.5. The Morgan fingerprint density at radius 2 is 1.95 bits per heavy atom. The SMILES string of the molecule is C=C[C@]1(C)C[C@@H](OC(=O)CSC(C)(C)CNC(=O)[C@H](N)C(C)C)[C@]2(C)C(C)CC[C@]3(CCC(=O)[C@H]32)C[C@@H]1O. The van der Waals surface area contributed by atoms with Crippen LogP contribution in [-0.2, 0) is 19.1 Å². The maximum atomic E-state index is 13.4. The molecule has 0 aromatic heterocycles. The largest absolute Gasteiger partial charge is 0.461 e. The molecule has 0 saturated heterocycles. The number of aliphatic hydroxyl groups excluding tert-OH is 1. The van der Waals surface area contributed by atoms with Gasteiger partial charge in [0.25, 0.3) is 0 Å². The van der Waals surface area contributed by atoms with Gasteiger partial charge in [-0.1, -0.05) is 40.7 Å². The van der Waals surface area contributed by atoms with E-state index < -0.39 is 33.8 Å². The molecule has 0 aromatic rings. The van der Waals surface area contributed by atoms with Crippen molar-refractivity contribution in [3.8, 4) is 0 Å². The maximum Gasteiger partial charge on any atom is 0.316 e. The summed E-state index contributed by atoms with van der Waals surface area (Å²) < 4.78 is 5.89. The molecule has 0 aromatic carbocycles. The summed E-state index contributed by atoms with van der Waals surface area (Å²) >= 11 is 1.43. The predicted molar refractivity (Wildman–Crippen MR) is 152 cm³/mol. The van der Waals surface area contributed by atoms with Gasteiger partial charge >= 0.3 is 5.97 Å². The highest BCUT2D eigenvalue weighted by Crippen LogP contribution is 2.66. The van der Waals surface area contributed by atoms with Crippen molar-refractivity contribution in [1.29, 1.82) is 0 Å². The fraction of sp³-hybridized carbons (Fsp3) is 0.833. The van der Waals surface area contributed by atoms with Crippen molar-refractivity contribution in [1.82, 2.24) is 5.32 Å². The summed E-state index contributed by atoms with van der Waals surface area (Å²) in [7, 11) is 0. The Morgan fingerprint density at radius 1 is 1.29 bits per heavy atom. The molecule has 3 saturated carbocycles. The minimum Gasteiger partial charge on any atom is -0.461 e. The Kier molecular flexibility index (Phi) is 9.22. The molecule has 3 fully saturated rings. The molecule has 0 spiro atoms. The number of ether oxygens (including phenoxy) is 1. The summed E-state index contributed by atoms with van der Waals surface area (Å²) in [4.78, 5) is 39.0. The zero-order valence-electron chi connectivity index (χ0n) is 24.5. The van der Waals surface area contributed by atoms with Crippen LogP contribution in [0.25, 0.3) is 0 Å². The van der Waals surface area contributed by atoms with Crippen molar-refractivity contribution in [2.75, 3.05) is 12.3 Å². The van der Waals surface area contributed by atoms with Crippen LogP contribution in [0.2, 0.25) is 0 Å². The second-order valence-electron chi connectivity index (χ2n) is 13.7. The molecular weight excluding hydrogens is 500 g/mol. The van der Waals surface area contributed by atoms with Crippen LogP contribution in [-0.4, -0.2) is 58.1 Å². The number of esters is 1. The number of amides is 1. The van der Waals surface area contributed by atoms with E-state index in [1.54, 1.807) is 6.08 Å². The fourth-order valence-electron chi connectivity index (χ4n) is 7.18. The van der Waals surface area contributed by atoms with Crippen molar-refractivity contribution in [3.05, 3.63) is 12.7 Å². The van der Waals surface area contributed by atoms with Crippen molar-refractivity contribution < 1.29 is 24.2 Å². The van der Waals surface area contributed by atoms with Crippen LogP contribution in [0, 0.1) is 34.0 Å². The van der Waals surface area contributed by atoms with Gasteiger partial charge in [-0.05, 0) is 63.2 Å². The van der Waals surface area contributed by atoms with Gasteiger partial charge in [-0.15, -0.1) is 18.3 Å². The number of Topliss-reactive ketones (excluding diaryl/α,β-unsaturated/α-hetero) is 1. The third-order valence-corrected chi connectivity index (χ3v) is 11.6. The molecule has 1 amide bonds. The first kappa shape index (κ1) is 31.2. The number of carbonyl (C=O) groups is 3. The third kappa shape index (κ3) is 5.87. The van der Waals surface area contributed by atoms with Crippen molar-refractivity contribution in [2.45, 2.75) is 110 Å². The van der Waals surface area contributed by atoms with Crippen LogP contribution in [0.4, 0.5) is 0 Å². The number of nitrogens with one attached hydrogen (secondary N) is 1. The molecule has 2 bridgehead atoms. The van der Waals surface area contributed by atoms with Crippen LogP contribution in [0.3, 0.4) is 0 Å². The average Bonchev–Trinajstić information content (AvgIpc) is 3.18. The highest BCUT2D eigenvalue weighted by molar-refractivity contribution is 8.01. The highest BCUT2D eigenvalue weighted by Gasteiger charge is 2.66. The van der Waals surface area contributed by atoms with Crippen LogP contribution in [0.15, 0.2) is 12.7 Å². The zero-order chi connectivity index (χ0) is 28.7. The van der Waals surface area contributed by atoms with Crippen LogP contribution in [0.5, 0.6) is 0 Å². The molecule has 0 radical (unpaired) electrons. The average molecular weight is 551 g/mol. The van der Waals surface area contributed by atoms with E-state index in [9.17, 15) is 19.5 Å². The molecule has 3 aliphatic rings. The van der Waals surface area contributed by atoms with Crippen LogP contribution >= 0.6 is 11.8 Å². The molecule has 8 heteroatoms. The fourth-order valence-corrected chi connectivity index (χ4v) is 7.93. The molecule has 0 aliphatic heterocycles. The zero-order valence-corrected chi connectivity index (χ0v) is 25.3. The lowest BCUT2D eigenvalue weighted by atomic mass is 9.46. The van der Waals surface area contributed by atoms with E-state index >= 15 is 0 Å². The summed E-state index contributed by atoms with van der Waals surface area (Å²) in [5.41, 5.74) is 4.57. The first-order valence-corrected chi connectivity index (χ1v) is 15.2. The highest BCUT2D eigenvalue weighted by atomic mass is 32.2. The van der Waals surface area contributed by atoms with Gasteiger partial charge in [0.1, 0.15) is 11.9 Å². The first-order valence-electron chi connectivity index (χ1n) is 14.2. The van der Waals surface area contributed by atoms with Crippen LogP contribution in [0.1, 0.15) is 87.0 Å². The molecule has 0 heterocycles. The lowest BCUT2D eigenvalue weighted by molar-refractivity contribution is -0.193. The molecule has 1 unspecified atom stereocenters. The van der Waals surface area contributed by atoms with Gasteiger partial charge in [0.2, 0.25) is 5.91 Å². The van der Waals surface area contributed by atoms with Gasteiger partial charge < -0.3 is 20.9 Å². The topological polar surface area (TPSA) is 119 Å². The maximum absolute atomic E-state index is 13.4. The quantitative estimate of drug-likeness (QED) is 0.290. The number of carbonyl (C=O) groups excluding carboxylic acids is 3. The smallest absolute Gasteiger partial charge is 0.316 e. The molecule has 8 atom stereocenters. The molecule has 38 heavy (non-hydrogen) atoms. The molecular formula is C30H50N2O5S. The van der Waals surface area contributed by atoms with Crippen LogP contribution < -0.4 is 11.1 Å². The summed E-state index contributed by atoms with van der Waals surface area (Å²) in [6, 6.07) is -0.571. The monoisotopic (exact) mass is 550 g/mol. The Bertz CT molecular complexity index is 938. The van der Waals surface area contributed by atoms with Crippen molar-refractivity contribution >= 4 is 29.4 Å². The summed E-state index contributed by atoms with van der Waals surface area (Å²) in [5, 5.41) is 14.3. The molecule has 4 N–H and O–H groups in total. The Hall–Kier alpha value is -1.38.